The summed E-state index contributed by atoms with van der Waals surface area (Å²) in [7, 11) is 1.64. The molecule has 0 spiro atoms. The second-order valence-electron chi connectivity index (χ2n) is 4.30. The van der Waals surface area contributed by atoms with E-state index in [2.05, 4.69) is 9.98 Å². The second-order valence-corrected chi connectivity index (χ2v) is 4.30. The summed E-state index contributed by atoms with van der Waals surface area (Å²) in [6, 6.07) is 7.60. The van der Waals surface area contributed by atoms with Crippen LogP contribution >= 0.6 is 0 Å². The van der Waals surface area contributed by atoms with Crippen LogP contribution < -0.4 is 9.57 Å². The van der Waals surface area contributed by atoms with Crippen LogP contribution in [0.5, 0.6) is 5.75 Å². The summed E-state index contributed by atoms with van der Waals surface area (Å²) < 4.78 is 6.89. The zero-order chi connectivity index (χ0) is 13.1. The molecule has 19 heavy (non-hydrogen) atoms. The number of rotatable bonds is 3. The molecule has 2 aromatic rings. The van der Waals surface area contributed by atoms with Crippen LogP contribution in [0.1, 0.15) is 17.9 Å². The minimum atomic E-state index is 0.746. The van der Waals surface area contributed by atoms with Gasteiger partial charge in [0.15, 0.2) is 0 Å². The highest BCUT2D eigenvalue weighted by Gasteiger charge is 2.12. The molecule has 0 unspecified atom stereocenters. The number of aryl methyl sites for hydroxylation is 1. The van der Waals surface area contributed by atoms with Crippen LogP contribution in [-0.2, 0) is 6.42 Å². The predicted octanol–water partition coefficient (Wildman–Crippen LogP) is 2.02. The van der Waals surface area contributed by atoms with Crippen molar-refractivity contribution < 1.29 is 9.57 Å². The van der Waals surface area contributed by atoms with Gasteiger partial charge in [-0.2, -0.15) is 4.73 Å². The molecule has 1 aliphatic rings. The predicted molar refractivity (Wildman–Crippen MR) is 72.2 cm³/mol. The van der Waals surface area contributed by atoms with E-state index in [1.54, 1.807) is 18.1 Å². The lowest BCUT2D eigenvalue weighted by Crippen LogP contribution is -2.21. The van der Waals surface area contributed by atoms with E-state index in [4.69, 9.17) is 9.57 Å². The van der Waals surface area contributed by atoms with Crippen molar-refractivity contribution in [3.63, 3.8) is 0 Å². The maximum absolute atomic E-state index is 5.47. The summed E-state index contributed by atoms with van der Waals surface area (Å²) in [6.45, 7) is 0.746. The van der Waals surface area contributed by atoms with Gasteiger partial charge in [-0.05, 0) is 18.6 Å². The second kappa shape index (κ2) is 5.14. The quantitative estimate of drug-likeness (QED) is 0.790. The third kappa shape index (κ3) is 2.59. The summed E-state index contributed by atoms with van der Waals surface area (Å²) >= 11 is 0. The van der Waals surface area contributed by atoms with E-state index in [0.717, 1.165) is 42.4 Å². The Bertz CT molecular complexity index is 581. The van der Waals surface area contributed by atoms with Crippen LogP contribution in [0, 0.1) is 0 Å². The number of aromatic nitrogens is 2. The minimum Gasteiger partial charge on any atom is -0.497 e. The molecule has 0 bridgehead atoms. The molecule has 1 aromatic carbocycles. The van der Waals surface area contributed by atoms with Gasteiger partial charge in [0.1, 0.15) is 23.9 Å². The fraction of sp³-hybridized carbons (Fsp3) is 0.286. The van der Waals surface area contributed by atoms with Gasteiger partial charge in [0.25, 0.3) is 0 Å². The first kappa shape index (κ1) is 11.8. The Hall–Kier alpha value is -2.30. The van der Waals surface area contributed by atoms with Crippen LogP contribution in [0.3, 0.4) is 0 Å². The van der Waals surface area contributed by atoms with E-state index in [-0.39, 0.29) is 0 Å². The third-order valence-corrected chi connectivity index (χ3v) is 2.94. The van der Waals surface area contributed by atoms with Crippen LogP contribution in [0.25, 0.3) is 0 Å². The average Bonchev–Trinajstić information content (AvgIpc) is 2.88. The standard InChI is InChI=1S/C14H15N3O2/c1-18-13-5-2-4-11(8-13)15-9-12-10-17-14(16-12)6-3-7-19-17/h2,4-5,8-10H,3,6-7H2,1H3. The van der Waals surface area contributed by atoms with E-state index < -0.39 is 0 Å². The zero-order valence-electron chi connectivity index (χ0n) is 10.7. The van der Waals surface area contributed by atoms with E-state index >= 15 is 0 Å². The first-order valence-corrected chi connectivity index (χ1v) is 6.25. The molecule has 0 radical (unpaired) electrons. The summed E-state index contributed by atoms with van der Waals surface area (Å²) in [5, 5.41) is 0. The molecule has 0 amide bonds. The molecule has 0 saturated carbocycles. The first-order valence-electron chi connectivity index (χ1n) is 6.25. The van der Waals surface area contributed by atoms with Crippen molar-refractivity contribution in [2.75, 3.05) is 13.7 Å². The van der Waals surface area contributed by atoms with Gasteiger partial charge in [-0.25, -0.2) is 4.98 Å². The Morgan fingerprint density at radius 3 is 3.26 bits per heavy atom. The highest BCUT2D eigenvalue weighted by Crippen LogP contribution is 2.19. The van der Waals surface area contributed by atoms with Crippen molar-refractivity contribution in [2.24, 2.45) is 4.99 Å². The van der Waals surface area contributed by atoms with E-state index in [1.165, 1.54) is 0 Å². The van der Waals surface area contributed by atoms with Crippen LogP contribution in [0.15, 0.2) is 35.5 Å². The number of methoxy groups -OCH3 is 1. The molecule has 2 heterocycles. The molecule has 3 rings (SSSR count). The molecule has 0 aliphatic carbocycles. The number of aliphatic imine (C=N–C) groups is 1. The van der Waals surface area contributed by atoms with Crippen molar-refractivity contribution in [1.82, 2.24) is 9.71 Å². The lowest BCUT2D eigenvalue weighted by molar-refractivity contribution is 0.0803. The number of ether oxygens (including phenoxy) is 1. The van der Waals surface area contributed by atoms with Gasteiger partial charge in [-0.1, -0.05) is 6.07 Å². The van der Waals surface area contributed by atoms with Crippen molar-refractivity contribution in [1.29, 1.82) is 0 Å². The molecule has 0 N–H and O–H groups in total. The maximum Gasteiger partial charge on any atom is 0.145 e. The van der Waals surface area contributed by atoms with Gasteiger partial charge >= 0.3 is 0 Å². The number of hydrogen-bond acceptors (Lipinski definition) is 4. The SMILES string of the molecule is COc1cccc(N=Cc2cn3c(n2)CCCO3)c1. The lowest BCUT2D eigenvalue weighted by Gasteiger charge is -2.13. The zero-order valence-corrected chi connectivity index (χ0v) is 10.7. The van der Waals surface area contributed by atoms with Crippen molar-refractivity contribution >= 4 is 11.9 Å². The summed E-state index contributed by atoms with van der Waals surface area (Å²) in [5.74, 6) is 1.75. The van der Waals surface area contributed by atoms with Crippen molar-refractivity contribution in [3.05, 3.63) is 42.0 Å². The Labute approximate surface area is 111 Å². The largest absolute Gasteiger partial charge is 0.497 e. The van der Waals surface area contributed by atoms with E-state index in [1.807, 2.05) is 30.5 Å². The Balaban J connectivity index is 1.80. The fourth-order valence-corrected chi connectivity index (χ4v) is 1.99. The minimum absolute atomic E-state index is 0.746. The molecule has 98 valence electrons. The summed E-state index contributed by atoms with van der Waals surface area (Å²) in [5.41, 5.74) is 1.64. The number of nitrogens with zero attached hydrogens (tertiary/aromatic N) is 3. The Morgan fingerprint density at radius 2 is 2.42 bits per heavy atom. The molecule has 1 aliphatic heterocycles. The number of imidazole rings is 1. The normalized spacial score (nSPS) is 14.2. The molecule has 5 nitrogen and oxygen atoms in total. The molecule has 5 heteroatoms. The lowest BCUT2D eigenvalue weighted by atomic mass is 10.3. The van der Waals surface area contributed by atoms with Crippen molar-refractivity contribution in [2.45, 2.75) is 12.8 Å². The van der Waals surface area contributed by atoms with Crippen molar-refractivity contribution in [3.8, 4) is 5.75 Å². The molecule has 0 fully saturated rings. The van der Waals surface area contributed by atoms with Crippen LogP contribution in [0.2, 0.25) is 0 Å². The third-order valence-electron chi connectivity index (χ3n) is 2.94. The molecule has 1 aromatic heterocycles. The summed E-state index contributed by atoms with van der Waals surface area (Å²) in [4.78, 5) is 14.3. The van der Waals surface area contributed by atoms with Gasteiger partial charge in [0, 0.05) is 12.5 Å². The molecule has 0 saturated heterocycles. The Morgan fingerprint density at radius 1 is 1.47 bits per heavy atom. The molecule has 0 atom stereocenters. The first-order chi connectivity index (χ1) is 9.35. The van der Waals surface area contributed by atoms with Gasteiger partial charge in [-0.15, -0.1) is 0 Å². The maximum atomic E-state index is 5.47. The Kier molecular flexibility index (Phi) is 3.18. The number of benzene rings is 1. The van der Waals surface area contributed by atoms with Crippen LogP contribution in [0.4, 0.5) is 5.69 Å². The highest BCUT2D eigenvalue weighted by molar-refractivity contribution is 5.79. The smallest absolute Gasteiger partial charge is 0.145 e. The van der Waals surface area contributed by atoms with E-state index in [0.29, 0.717) is 0 Å². The fourth-order valence-electron chi connectivity index (χ4n) is 1.99. The van der Waals surface area contributed by atoms with Gasteiger partial charge < -0.3 is 9.57 Å². The highest BCUT2D eigenvalue weighted by atomic mass is 16.7. The van der Waals surface area contributed by atoms with E-state index in [9.17, 15) is 0 Å². The molecular formula is C14H15N3O2. The van der Waals surface area contributed by atoms with Gasteiger partial charge in [-0.3, -0.25) is 4.99 Å². The topological polar surface area (TPSA) is 48.6 Å². The number of hydrogen-bond donors (Lipinski definition) is 0. The monoisotopic (exact) mass is 257 g/mol. The molecular weight excluding hydrogens is 242 g/mol. The number of fused-ring (bicyclic) bond motifs is 1. The van der Waals surface area contributed by atoms with Gasteiger partial charge in [0.05, 0.1) is 25.2 Å². The van der Waals surface area contributed by atoms with Gasteiger partial charge in [0.2, 0.25) is 0 Å². The summed E-state index contributed by atoms with van der Waals surface area (Å²) in [6.07, 6.45) is 5.57. The average molecular weight is 257 g/mol. The van der Waals surface area contributed by atoms with Crippen LogP contribution in [-0.4, -0.2) is 29.6 Å².